The van der Waals surface area contributed by atoms with E-state index >= 15 is 0 Å². The van der Waals surface area contributed by atoms with E-state index in [4.69, 9.17) is 4.74 Å². The van der Waals surface area contributed by atoms with E-state index in [9.17, 15) is 14.3 Å². The van der Waals surface area contributed by atoms with Gasteiger partial charge in [-0.1, -0.05) is 11.3 Å². The Labute approximate surface area is 171 Å². The van der Waals surface area contributed by atoms with Gasteiger partial charge < -0.3 is 14.7 Å². The summed E-state index contributed by atoms with van der Waals surface area (Å²) in [7, 11) is 0. The second kappa shape index (κ2) is 7.96. The maximum absolute atomic E-state index is 13.5. The van der Waals surface area contributed by atoms with Crippen molar-refractivity contribution in [3.05, 3.63) is 46.3 Å². The summed E-state index contributed by atoms with van der Waals surface area (Å²) in [5, 5.41) is 15.1. The predicted octanol–water partition coefficient (Wildman–Crippen LogP) is 1.39. The third-order valence-electron chi connectivity index (χ3n) is 5.11. The van der Waals surface area contributed by atoms with Crippen LogP contribution in [0, 0.1) is 12.7 Å². The molecule has 4 rings (SSSR count). The Kier molecular flexibility index (Phi) is 5.37. The van der Waals surface area contributed by atoms with Crippen LogP contribution in [0.25, 0.3) is 4.96 Å². The Morgan fingerprint density at radius 3 is 2.66 bits per heavy atom. The molecular formula is C19H23FN5O3S+. The number of rotatable bonds is 4. The molecular weight excluding hydrogens is 397 g/mol. The van der Waals surface area contributed by atoms with Gasteiger partial charge in [-0.25, -0.2) is 14.2 Å². The maximum atomic E-state index is 13.5. The summed E-state index contributed by atoms with van der Waals surface area (Å²) < 4.78 is 20.1. The van der Waals surface area contributed by atoms with Crippen LogP contribution in [-0.4, -0.2) is 63.5 Å². The number of quaternary nitrogens is 1. The van der Waals surface area contributed by atoms with Gasteiger partial charge in [-0.3, -0.25) is 4.90 Å². The van der Waals surface area contributed by atoms with Gasteiger partial charge in [0.25, 0.3) is 0 Å². The fourth-order valence-electron chi connectivity index (χ4n) is 3.74. The number of aryl methyl sites for hydroxylation is 1. The second-order valence-corrected chi connectivity index (χ2v) is 7.98. The van der Waals surface area contributed by atoms with Gasteiger partial charge in [0, 0.05) is 5.56 Å². The van der Waals surface area contributed by atoms with E-state index in [0.717, 1.165) is 10.4 Å². The molecule has 0 spiro atoms. The van der Waals surface area contributed by atoms with Crippen molar-refractivity contribution in [2.45, 2.75) is 19.9 Å². The number of hydrogen-bond acceptors (Lipinski definition) is 6. The summed E-state index contributed by atoms with van der Waals surface area (Å²) in [4.78, 5) is 20.6. The summed E-state index contributed by atoms with van der Waals surface area (Å²) in [5.74, 6) is 0.337. The SMILES string of the molecule is CCOC(=O)N1CC[NH+]([C@@H](c2ccc(F)cc2)c2sc3nc(C)nn3c2O)CC1. The summed E-state index contributed by atoms with van der Waals surface area (Å²) >= 11 is 1.38. The van der Waals surface area contributed by atoms with Crippen molar-refractivity contribution in [2.24, 2.45) is 0 Å². The molecule has 0 radical (unpaired) electrons. The highest BCUT2D eigenvalue weighted by Crippen LogP contribution is 2.35. The first-order valence-electron chi connectivity index (χ1n) is 9.54. The zero-order valence-corrected chi connectivity index (χ0v) is 17.1. The molecule has 2 aromatic heterocycles. The van der Waals surface area contributed by atoms with Crippen molar-refractivity contribution in [3.8, 4) is 5.88 Å². The average molecular weight is 420 g/mol. The monoisotopic (exact) mass is 420 g/mol. The third kappa shape index (κ3) is 3.77. The van der Waals surface area contributed by atoms with E-state index in [-0.39, 0.29) is 23.8 Å². The highest BCUT2D eigenvalue weighted by molar-refractivity contribution is 7.17. The maximum Gasteiger partial charge on any atom is 0.410 e. The first-order valence-corrected chi connectivity index (χ1v) is 10.4. The minimum Gasteiger partial charge on any atom is -0.492 e. The number of benzene rings is 1. The molecule has 10 heteroatoms. The normalized spacial score (nSPS) is 16.3. The van der Waals surface area contributed by atoms with Gasteiger partial charge in [0.2, 0.25) is 10.8 Å². The average Bonchev–Trinajstić information content (AvgIpc) is 3.22. The summed E-state index contributed by atoms with van der Waals surface area (Å²) in [6.45, 7) is 6.35. The number of fused-ring (bicyclic) bond motifs is 1. The molecule has 154 valence electrons. The summed E-state index contributed by atoms with van der Waals surface area (Å²) in [6, 6.07) is 6.12. The molecule has 1 fully saturated rings. The van der Waals surface area contributed by atoms with Gasteiger partial charge >= 0.3 is 6.09 Å². The molecule has 29 heavy (non-hydrogen) atoms. The van der Waals surface area contributed by atoms with Gasteiger partial charge in [0.1, 0.15) is 16.5 Å². The van der Waals surface area contributed by atoms with Crippen LogP contribution in [0.4, 0.5) is 9.18 Å². The Morgan fingerprint density at radius 2 is 2.03 bits per heavy atom. The van der Waals surface area contributed by atoms with Crippen LogP contribution >= 0.6 is 11.3 Å². The molecule has 0 saturated carbocycles. The molecule has 1 amide bonds. The van der Waals surface area contributed by atoms with Gasteiger partial charge in [-0.2, -0.15) is 4.52 Å². The number of ether oxygens (including phenoxy) is 1. The quantitative estimate of drug-likeness (QED) is 0.667. The lowest BCUT2D eigenvalue weighted by atomic mass is 10.0. The lowest BCUT2D eigenvalue weighted by Crippen LogP contribution is -3.15. The number of piperazine rings is 1. The standard InChI is InChI=1S/C19H22FN5O3S/c1-3-28-19(27)24-10-8-23(9-11-24)15(13-4-6-14(20)7-5-13)16-17(26)25-18(29-16)21-12(2)22-25/h4-7,15,26H,3,8-11H2,1-2H3/p+1/t15-/m0/s1. The van der Waals surface area contributed by atoms with Gasteiger partial charge in [0.05, 0.1) is 32.8 Å². The van der Waals surface area contributed by atoms with Crippen LogP contribution in [0.5, 0.6) is 5.88 Å². The predicted molar refractivity (Wildman–Crippen MR) is 105 cm³/mol. The molecule has 1 aliphatic rings. The number of nitrogens with zero attached hydrogens (tertiary/aromatic N) is 4. The first-order chi connectivity index (χ1) is 14.0. The van der Waals surface area contributed by atoms with Crippen molar-refractivity contribution in [2.75, 3.05) is 32.8 Å². The minimum absolute atomic E-state index is 0.0558. The lowest BCUT2D eigenvalue weighted by molar-refractivity contribution is -0.929. The van der Waals surface area contributed by atoms with E-state index in [0.29, 0.717) is 43.6 Å². The highest BCUT2D eigenvalue weighted by Gasteiger charge is 2.36. The topological polar surface area (TPSA) is 84.4 Å². The number of aromatic nitrogens is 3. The van der Waals surface area contributed by atoms with Gasteiger partial charge in [-0.15, -0.1) is 5.10 Å². The fraction of sp³-hybridized carbons (Fsp3) is 0.421. The number of carbonyl (C=O) groups excluding carboxylic acids is 1. The third-order valence-corrected chi connectivity index (χ3v) is 6.20. The first kappa shape index (κ1) is 19.6. The van der Waals surface area contributed by atoms with Gasteiger partial charge in [0.15, 0.2) is 6.04 Å². The lowest BCUT2D eigenvalue weighted by Gasteiger charge is -2.35. The molecule has 3 aromatic rings. The molecule has 2 N–H and O–H groups in total. The Balaban J connectivity index is 1.66. The fourth-order valence-corrected chi connectivity index (χ4v) is 4.93. The Bertz CT molecular complexity index is 1010. The molecule has 1 saturated heterocycles. The van der Waals surface area contributed by atoms with Crippen LogP contribution in [0.1, 0.15) is 29.2 Å². The molecule has 0 aliphatic carbocycles. The van der Waals surface area contributed by atoms with E-state index in [1.807, 2.05) is 0 Å². The number of amides is 1. The Hall–Kier alpha value is -2.72. The van der Waals surface area contributed by atoms with E-state index in [1.165, 1.54) is 32.9 Å². The zero-order chi connectivity index (χ0) is 20.5. The molecule has 3 heterocycles. The smallest absolute Gasteiger partial charge is 0.410 e. The molecule has 0 bridgehead atoms. The number of carbonyl (C=O) groups is 1. The molecule has 1 atom stereocenters. The molecule has 1 aliphatic heterocycles. The number of halogens is 1. The Morgan fingerprint density at radius 1 is 1.34 bits per heavy atom. The minimum atomic E-state index is -0.308. The number of nitrogens with one attached hydrogen (secondary N) is 1. The van der Waals surface area contributed by atoms with Crippen molar-refractivity contribution in [3.63, 3.8) is 0 Å². The number of aromatic hydroxyl groups is 1. The second-order valence-electron chi connectivity index (χ2n) is 6.97. The van der Waals surface area contributed by atoms with E-state index in [1.54, 1.807) is 30.9 Å². The van der Waals surface area contributed by atoms with E-state index in [2.05, 4.69) is 10.1 Å². The highest BCUT2D eigenvalue weighted by atomic mass is 32.1. The largest absolute Gasteiger partial charge is 0.492 e. The van der Waals surface area contributed by atoms with Crippen LogP contribution in [0.15, 0.2) is 24.3 Å². The van der Waals surface area contributed by atoms with Crippen LogP contribution in [0.2, 0.25) is 0 Å². The molecule has 1 aromatic carbocycles. The van der Waals surface area contributed by atoms with Gasteiger partial charge in [-0.05, 0) is 38.1 Å². The summed E-state index contributed by atoms with van der Waals surface area (Å²) in [6.07, 6.45) is -0.304. The molecule has 8 nitrogen and oxygen atoms in total. The zero-order valence-electron chi connectivity index (χ0n) is 16.3. The van der Waals surface area contributed by atoms with Crippen LogP contribution < -0.4 is 4.90 Å². The number of thiazole rings is 1. The van der Waals surface area contributed by atoms with Crippen molar-refractivity contribution >= 4 is 22.4 Å². The van der Waals surface area contributed by atoms with Crippen molar-refractivity contribution in [1.82, 2.24) is 19.5 Å². The summed E-state index contributed by atoms with van der Waals surface area (Å²) in [5.41, 5.74) is 0.891. The number of hydrogen-bond donors (Lipinski definition) is 2. The van der Waals surface area contributed by atoms with Crippen LogP contribution in [0.3, 0.4) is 0 Å². The van der Waals surface area contributed by atoms with E-state index < -0.39 is 0 Å². The van der Waals surface area contributed by atoms with Crippen LogP contribution in [-0.2, 0) is 4.74 Å². The molecule has 0 unspecified atom stereocenters. The van der Waals surface area contributed by atoms with Crippen molar-refractivity contribution < 1.29 is 23.9 Å². The van der Waals surface area contributed by atoms with Crippen molar-refractivity contribution in [1.29, 1.82) is 0 Å².